The van der Waals surface area contributed by atoms with Crippen LogP contribution in [0.5, 0.6) is 5.75 Å². The minimum atomic E-state index is 0.0186. The summed E-state index contributed by atoms with van der Waals surface area (Å²) < 4.78 is 5.77. The fourth-order valence-corrected chi connectivity index (χ4v) is 3.06. The van der Waals surface area contributed by atoms with Crippen molar-refractivity contribution < 1.29 is 9.53 Å². The second-order valence-electron chi connectivity index (χ2n) is 6.35. The Bertz CT molecular complexity index is 526. The number of nitrogens with zero attached hydrogens (tertiary/aromatic N) is 1. The van der Waals surface area contributed by atoms with E-state index in [1.54, 1.807) is 18.2 Å². The fourth-order valence-electron chi connectivity index (χ4n) is 2.89. The first-order valence-electron chi connectivity index (χ1n) is 8.47. The molecule has 0 unspecified atom stereocenters. The van der Waals surface area contributed by atoms with Crippen LogP contribution in [0.1, 0.15) is 44.0 Å². The van der Waals surface area contributed by atoms with Gasteiger partial charge in [-0.3, -0.25) is 4.79 Å². The van der Waals surface area contributed by atoms with E-state index in [2.05, 4.69) is 12.2 Å². The maximum atomic E-state index is 12.8. The van der Waals surface area contributed by atoms with Gasteiger partial charge in [0.2, 0.25) is 0 Å². The Morgan fingerprint density at radius 3 is 2.70 bits per heavy atom. The Labute approximate surface area is 144 Å². The Morgan fingerprint density at radius 1 is 1.39 bits per heavy atom. The molecule has 4 nitrogen and oxygen atoms in total. The molecule has 1 aromatic carbocycles. The highest BCUT2D eigenvalue weighted by Crippen LogP contribution is 2.27. The zero-order chi connectivity index (χ0) is 16.8. The predicted molar refractivity (Wildman–Crippen MR) is 94.4 cm³/mol. The van der Waals surface area contributed by atoms with Gasteiger partial charge in [0, 0.05) is 18.1 Å². The van der Waals surface area contributed by atoms with Crippen molar-refractivity contribution in [3.63, 3.8) is 0 Å². The summed E-state index contributed by atoms with van der Waals surface area (Å²) in [7, 11) is 0. The van der Waals surface area contributed by atoms with E-state index in [9.17, 15) is 4.79 Å². The first-order valence-corrected chi connectivity index (χ1v) is 8.85. The summed E-state index contributed by atoms with van der Waals surface area (Å²) in [6, 6.07) is 5.26. The third-order valence-electron chi connectivity index (χ3n) is 4.12. The number of amides is 1. The van der Waals surface area contributed by atoms with Crippen LogP contribution in [0.3, 0.4) is 0 Å². The minimum absolute atomic E-state index is 0.0186. The smallest absolute Gasteiger partial charge is 0.257 e. The molecule has 0 radical (unpaired) electrons. The maximum absolute atomic E-state index is 12.8. The number of likely N-dealkylation sites (tertiary alicyclic amines) is 1. The third kappa shape index (κ3) is 5.11. The van der Waals surface area contributed by atoms with Crippen LogP contribution in [0.15, 0.2) is 18.2 Å². The van der Waals surface area contributed by atoms with Crippen molar-refractivity contribution in [1.29, 1.82) is 0 Å². The van der Waals surface area contributed by atoms with Gasteiger partial charge < -0.3 is 15.0 Å². The summed E-state index contributed by atoms with van der Waals surface area (Å²) in [6.45, 7) is 9.65. The molecular weight excluding hydrogens is 312 g/mol. The maximum Gasteiger partial charge on any atom is 0.257 e. The van der Waals surface area contributed by atoms with E-state index >= 15 is 0 Å². The first-order chi connectivity index (χ1) is 11.0. The molecule has 1 aliphatic rings. The van der Waals surface area contributed by atoms with E-state index in [1.807, 2.05) is 18.7 Å². The summed E-state index contributed by atoms with van der Waals surface area (Å²) in [5.74, 6) is 1.29. The second kappa shape index (κ2) is 8.55. The normalized spacial score (nSPS) is 16.0. The molecular formula is C18H27ClN2O2. The zero-order valence-electron chi connectivity index (χ0n) is 14.3. The van der Waals surface area contributed by atoms with Crippen molar-refractivity contribution in [2.24, 2.45) is 5.92 Å². The number of nitrogens with one attached hydrogen (secondary N) is 1. The molecule has 1 aromatic rings. The van der Waals surface area contributed by atoms with Crippen LogP contribution in [-0.4, -0.2) is 43.1 Å². The topological polar surface area (TPSA) is 41.6 Å². The van der Waals surface area contributed by atoms with Crippen LogP contribution in [-0.2, 0) is 0 Å². The van der Waals surface area contributed by atoms with Crippen LogP contribution in [0, 0.1) is 5.92 Å². The molecule has 0 aliphatic carbocycles. The first kappa shape index (κ1) is 18.1. The van der Waals surface area contributed by atoms with E-state index in [1.165, 1.54) is 0 Å². The summed E-state index contributed by atoms with van der Waals surface area (Å²) in [5.41, 5.74) is 0.566. The molecule has 1 fully saturated rings. The van der Waals surface area contributed by atoms with E-state index in [-0.39, 0.29) is 12.0 Å². The van der Waals surface area contributed by atoms with Crippen molar-refractivity contribution in [3.8, 4) is 5.75 Å². The molecule has 1 heterocycles. The summed E-state index contributed by atoms with van der Waals surface area (Å²) >= 11 is 6.08. The standard InChI is InChI=1S/C18H27ClN2O2/c1-4-20-12-14-7-9-21(10-8-14)18(22)16-11-15(19)5-6-17(16)23-13(2)3/h5-6,11,13-14,20H,4,7-10,12H2,1-3H3. The van der Waals surface area contributed by atoms with Gasteiger partial charge in [0.15, 0.2) is 0 Å². The number of carbonyl (C=O) groups is 1. The molecule has 1 aliphatic heterocycles. The molecule has 0 bridgehead atoms. The van der Waals surface area contributed by atoms with Crippen LogP contribution in [0.25, 0.3) is 0 Å². The van der Waals surface area contributed by atoms with Gasteiger partial charge >= 0.3 is 0 Å². The highest BCUT2D eigenvalue weighted by Gasteiger charge is 2.25. The number of carbonyl (C=O) groups excluding carboxylic acids is 1. The van der Waals surface area contributed by atoms with E-state index < -0.39 is 0 Å². The molecule has 1 amide bonds. The number of halogens is 1. The fraction of sp³-hybridized carbons (Fsp3) is 0.611. The number of hydrogen-bond acceptors (Lipinski definition) is 3. The van der Waals surface area contributed by atoms with Crippen molar-refractivity contribution >= 4 is 17.5 Å². The average molecular weight is 339 g/mol. The van der Waals surface area contributed by atoms with Crippen molar-refractivity contribution in [2.75, 3.05) is 26.2 Å². The number of hydrogen-bond donors (Lipinski definition) is 1. The lowest BCUT2D eigenvalue weighted by Gasteiger charge is -2.32. The molecule has 5 heteroatoms. The van der Waals surface area contributed by atoms with Crippen LogP contribution in [0.4, 0.5) is 0 Å². The van der Waals surface area contributed by atoms with E-state index in [0.29, 0.717) is 22.3 Å². The van der Waals surface area contributed by atoms with Gasteiger partial charge in [0.25, 0.3) is 5.91 Å². The Hall–Kier alpha value is -1.26. The Morgan fingerprint density at radius 2 is 2.09 bits per heavy atom. The van der Waals surface area contributed by atoms with E-state index in [0.717, 1.165) is 39.0 Å². The summed E-state index contributed by atoms with van der Waals surface area (Å²) in [4.78, 5) is 14.8. The summed E-state index contributed by atoms with van der Waals surface area (Å²) in [6.07, 6.45) is 2.10. The van der Waals surface area contributed by atoms with Gasteiger partial charge in [-0.2, -0.15) is 0 Å². The van der Waals surface area contributed by atoms with Crippen LogP contribution >= 0.6 is 11.6 Å². The molecule has 128 valence electrons. The molecule has 2 rings (SSSR count). The number of benzene rings is 1. The number of rotatable bonds is 6. The zero-order valence-corrected chi connectivity index (χ0v) is 15.0. The molecule has 0 saturated carbocycles. The summed E-state index contributed by atoms with van der Waals surface area (Å²) in [5, 5.41) is 3.95. The van der Waals surface area contributed by atoms with Gasteiger partial charge in [-0.15, -0.1) is 0 Å². The highest BCUT2D eigenvalue weighted by atomic mass is 35.5. The van der Waals surface area contributed by atoms with Gasteiger partial charge in [-0.05, 0) is 63.9 Å². The van der Waals surface area contributed by atoms with Gasteiger partial charge in [-0.25, -0.2) is 0 Å². The van der Waals surface area contributed by atoms with Crippen LogP contribution in [0.2, 0.25) is 5.02 Å². The van der Waals surface area contributed by atoms with Gasteiger partial charge in [0.1, 0.15) is 5.75 Å². The van der Waals surface area contributed by atoms with Crippen molar-refractivity contribution in [1.82, 2.24) is 10.2 Å². The van der Waals surface area contributed by atoms with Crippen molar-refractivity contribution in [2.45, 2.75) is 39.7 Å². The molecule has 23 heavy (non-hydrogen) atoms. The highest BCUT2D eigenvalue weighted by molar-refractivity contribution is 6.31. The van der Waals surface area contributed by atoms with E-state index in [4.69, 9.17) is 16.3 Å². The third-order valence-corrected chi connectivity index (χ3v) is 4.35. The largest absolute Gasteiger partial charge is 0.490 e. The predicted octanol–water partition coefficient (Wildman–Crippen LogP) is 3.59. The molecule has 1 N–H and O–H groups in total. The SMILES string of the molecule is CCNCC1CCN(C(=O)c2cc(Cl)ccc2OC(C)C)CC1. The lowest BCUT2D eigenvalue weighted by atomic mass is 9.96. The Kier molecular flexibility index (Phi) is 6.72. The molecule has 0 aromatic heterocycles. The monoisotopic (exact) mass is 338 g/mol. The minimum Gasteiger partial charge on any atom is -0.490 e. The van der Waals surface area contributed by atoms with Gasteiger partial charge in [-0.1, -0.05) is 18.5 Å². The quantitative estimate of drug-likeness (QED) is 0.861. The van der Waals surface area contributed by atoms with Crippen molar-refractivity contribution in [3.05, 3.63) is 28.8 Å². The van der Waals surface area contributed by atoms with Crippen LogP contribution < -0.4 is 10.1 Å². The average Bonchev–Trinajstić information content (AvgIpc) is 2.54. The lowest BCUT2D eigenvalue weighted by molar-refractivity contribution is 0.0684. The number of ether oxygens (including phenoxy) is 1. The second-order valence-corrected chi connectivity index (χ2v) is 6.79. The number of piperidine rings is 1. The van der Waals surface area contributed by atoms with Gasteiger partial charge in [0.05, 0.1) is 11.7 Å². The Balaban J connectivity index is 2.04. The molecule has 0 spiro atoms. The molecule has 1 saturated heterocycles. The molecule has 0 atom stereocenters. The lowest BCUT2D eigenvalue weighted by Crippen LogP contribution is -2.41.